The molecule has 4 rings (SSSR count). The van der Waals surface area contributed by atoms with Gasteiger partial charge in [-0.1, -0.05) is 20.8 Å². The summed E-state index contributed by atoms with van der Waals surface area (Å²) >= 11 is 0. The first-order chi connectivity index (χ1) is 17.2. The number of benzene rings is 1. The summed E-state index contributed by atoms with van der Waals surface area (Å²) < 4.78 is 61.8. The molecule has 0 saturated carbocycles. The molecule has 0 radical (unpaired) electrons. The lowest BCUT2D eigenvalue weighted by atomic mass is 9.73. The third-order valence-electron chi connectivity index (χ3n) is 7.62. The number of likely N-dealkylation sites (tertiary alicyclic amines) is 1. The molecule has 2 fully saturated rings. The summed E-state index contributed by atoms with van der Waals surface area (Å²) in [5.74, 6) is -1.52. The second kappa shape index (κ2) is 10.1. The number of alkyl halides is 3. The van der Waals surface area contributed by atoms with Gasteiger partial charge in [-0.3, -0.25) is 14.5 Å². The van der Waals surface area contributed by atoms with E-state index in [2.05, 4.69) is 9.80 Å². The van der Waals surface area contributed by atoms with Crippen LogP contribution >= 0.6 is 0 Å². The van der Waals surface area contributed by atoms with E-state index in [0.717, 1.165) is 26.2 Å². The Bertz CT molecular complexity index is 1020. The van der Waals surface area contributed by atoms with Gasteiger partial charge in [0.2, 0.25) is 11.8 Å². The van der Waals surface area contributed by atoms with Crippen LogP contribution in [0.3, 0.4) is 0 Å². The summed E-state index contributed by atoms with van der Waals surface area (Å²) in [6.07, 6.45) is -4.53. The lowest BCUT2D eigenvalue weighted by molar-refractivity contribution is -0.143. The maximum absolute atomic E-state index is 15.6. The molecule has 3 heterocycles. The van der Waals surface area contributed by atoms with E-state index >= 15 is 4.39 Å². The molecule has 1 aromatic carbocycles. The van der Waals surface area contributed by atoms with Gasteiger partial charge in [-0.2, -0.15) is 13.2 Å². The number of hydrogen-bond donors (Lipinski definition) is 0. The van der Waals surface area contributed by atoms with E-state index in [9.17, 15) is 22.8 Å². The van der Waals surface area contributed by atoms with Gasteiger partial charge in [-0.15, -0.1) is 0 Å². The van der Waals surface area contributed by atoms with Crippen molar-refractivity contribution in [1.29, 1.82) is 0 Å². The molecule has 11 heteroatoms. The lowest BCUT2D eigenvalue weighted by Crippen LogP contribution is -2.53. The van der Waals surface area contributed by atoms with E-state index in [4.69, 9.17) is 4.74 Å². The molecule has 2 amide bonds. The monoisotopic (exact) mass is 528 g/mol. The fourth-order valence-electron chi connectivity index (χ4n) is 5.54. The minimum absolute atomic E-state index is 0.0176. The Hall–Kier alpha value is -2.40. The number of hydrogen-bond acceptors (Lipinski definition) is 5. The molecule has 3 aliphatic heterocycles. The maximum atomic E-state index is 15.6. The van der Waals surface area contributed by atoms with Crippen molar-refractivity contribution in [2.24, 2.45) is 5.41 Å². The van der Waals surface area contributed by atoms with Gasteiger partial charge in [0.05, 0.1) is 11.1 Å². The van der Waals surface area contributed by atoms with Crippen LogP contribution in [0.2, 0.25) is 0 Å². The standard InChI is InChI=1S/C26H36F4N4O3/c1-24(2,3)22(35)33-7-5-25(6-8-33)21-19(27)15-18(37-14-13-32-11-9-31(4)10-12-32)16-20(21)34(23(25)36)17-26(28,29)30/h15-16H,5-14,17H2,1-4H3. The highest BCUT2D eigenvalue weighted by Gasteiger charge is 2.56. The van der Waals surface area contributed by atoms with Gasteiger partial charge in [-0.25, -0.2) is 4.39 Å². The summed E-state index contributed by atoms with van der Waals surface area (Å²) in [5.41, 5.74) is -2.17. The second-order valence-electron chi connectivity index (χ2n) is 11.4. The van der Waals surface area contributed by atoms with Crippen molar-refractivity contribution in [3.63, 3.8) is 0 Å². The number of carbonyl (C=O) groups is 2. The number of halogens is 4. The second-order valence-corrected chi connectivity index (χ2v) is 11.4. The zero-order chi connectivity index (χ0) is 27.2. The third kappa shape index (κ3) is 5.72. The van der Waals surface area contributed by atoms with Gasteiger partial charge in [0.1, 0.15) is 24.7 Å². The Morgan fingerprint density at radius 3 is 2.22 bits per heavy atom. The zero-order valence-corrected chi connectivity index (χ0v) is 22.0. The Kier molecular flexibility index (Phi) is 7.51. The topological polar surface area (TPSA) is 56.3 Å². The molecule has 0 aliphatic carbocycles. The van der Waals surface area contributed by atoms with E-state index in [0.29, 0.717) is 11.4 Å². The predicted octanol–water partition coefficient (Wildman–Crippen LogP) is 3.27. The number of amides is 2. The summed E-state index contributed by atoms with van der Waals surface area (Å²) in [6.45, 7) is 8.68. The Labute approximate surface area is 215 Å². The molecular weight excluding hydrogens is 492 g/mol. The number of nitrogens with zero attached hydrogens (tertiary/aromatic N) is 4. The molecule has 0 bridgehead atoms. The van der Waals surface area contributed by atoms with Gasteiger partial charge in [0.25, 0.3) is 0 Å². The molecule has 0 aromatic heterocycles. The minimum Gasteiger partial charge on any atom is -0.492 e. The molecule has 2 saturated heterocycles. The average Bonchev–Trinajstić information content (AvgIpc) is 3.02. The number of rotatable bonds is 5. The fraction of sp³-hybridized carbons (Fsp3) is 0.692. The van der Waals surface area contributed by atoms with Crippen LogP contribution in [-0.4, -0.2) is 98.7 Å². The maximum Gasteiger partial charge on any atom is 0.406 e. The van der Waals surface area contributed by atoms with Crippen molar-refractivity contribution < 1.29 is 31.9 Å². The smallest absolute Gasteiger partial charge is 0.406 e. The van der Waals surface area contributed by atoms with Crippen molar-refractivity contribution >= 4 is 17.5 Å². The first kappa shape index (κ1) is 27.6. The number of piperazine rings is 1. The molecule has 0 atom stereocenters. The van der Waals surface area contributed by atoms with Gasteiger partial charge in [-0.05, 0) is 19.9 Å². The summed E-state index contributed by atoms with van der Waals surface area (Å²) in [6, 6.07) is 2.52. The lowest BCUT2D eigenvalue weighted by Gasteiger charge is -2.40. The van der Waals surface area contributed by atoms with Crippen LogP contribution in [0.1, 0.15) is 39.2 Å². The van der Waals surface area contributed by atoms with Crippen molar-refractivity contribution in [3.05, 3.63) is 23.5 Å². The van der Waals surface area contributed by atoms with Crippen molar-refractivity contribution in [2.45, 2.75) is 45.2 Å². The molecular formula is C26H36F4N4O3. The molecule has 37 heavy (non-hydrogen) atoms. The van der Waals surface area contributed by atoms with E-state index in [1.54, 1.807) is 25.7 Å². The summed E-state index contributed by atoms with van der Waals surface area (Å²) in [7, 11) is 2.05. The Balaban J connectivity index is 1.57. The highest BCUT2D eigenvalue weighted by atomic mass is 19.4. The van der Waals surface area contributed by atoms with Gasteiger partial charge < -0.3 is 19.4 Å². The number of fused-ring (bicyclic) bond motifs is 2. The summed E-state index contributed by atoms with van der Waals surface area (Å²) in [5, 5.41) is 0. The number of likely N-dealkylation sites (N-methyl/N-ethyl adjacent to an activating group) is 1. The highest BCUT2D eigenvalue weighted by molar-refractivity contribution is 6.08. The van der Waals surface area contributed by atoms with Crippen LogP contribution in [0, 0.1) is 11.2 Å². The zero-order valence-electron chi connectivity index (χ0n) is 22.0. The number of anilines is 1. The number of carbonyl (C=O) groups excluding carboxylic acids is 2. The Morgan fingerprint density at radius 1 is 1.03 bits per heavy atom. The quantitative estimate of drug-likeness (QED) is 0.550. The molecule has 3 aliphatic rings. The Morgan fingerprint density at radius 2 is 1.65 bits per heavy atom. The van der Waals surface area contributed by atoms with Crippen molar-refractivity contribution in [3.8, 4) is 5.75 Å². The molecule has 1 spiro atoms. The van der Waals surface area contributed by atoms with E-state index in [-0.39, 0.29) is 55.4 Å². The highest BCUT2D eigenvalue weighted by Crippen LogP contribution is 2.51. The first-order valence-corrected chi connectivity index (χ1v) is 12.8. The van der Waals surface area contributed by atoms with Crippen molar-refractivity contribution in [2.75, 3.05) is 70.9 Å². The van der Waals surface area contributed by atoms with Crippen LogP contribution in [-0.2, 0) is 15.0 Å². The third-order valence-corrected chi connectivity index (χ3v) is 7.62. The van der Waals surface area contributed by atoms with E-state index in [1.807, 2.05) is 7.05 Å². The number of piperidine rings is 1. The minimum atomic E-state index is -4.66. The molecule has 0 N–H and O–H groups in total. The molecule has 7 nitrogen and oxygen atoms in total. The van der Waals surface area contributed by atoms with E-state index < -0.39 is 35.3 Å². The van der Waals surface area contributed by atoms with Crippen molar-refractivity contribution in [1.82, 2.24) is 14.7 Å². The fourth-order valence-corrected chi connectivity index (χ4v) is 5.54. The first-order valence-electron chi connectivity index (χ1n) is 12.8. The van der Waals surface area contributed by atoms with Crippen LogP contribution in [0.25, 0.3) is 0 Å². The van der Waals surface area contributed by atoms with Crippen LogP contribution in [0.15, 0.2) is 12.1 Å². The normalized spacial score (nSPS) is 21.0. The predicted molar refractivity (Wildman–Crippen MR) is 131 cm³/mol. The van der Waals surface area contributed by atoms with Gasteiger partial charge in [0, 0.05) is 68.9 Å². The molecule has 0 unspecified atom stereocenters. The average molecular weight is 529 g/mol. The SMILES string of the molecule is CN1CCN(CCOc2cc(F)c3c(c2)N(CC(F)(F)F)C(=O)C32CCN(C(=O)C(C)(C)C)CC2)CC1. The summed E-state index contributed by atoms with van der Waals surface area (Å²) in [4.78, 5) is 32.9. The van der Waals surface area contributed by atoms with Crippen LogP contribution in [0.5, 0.6) is 5.75 Å². The molecule has 206 valence electrons. The van der Waals surface area contributed by atoms with Crippen LogP contribution in [0.4, 0.5) is 23.2 Å². The van der Waals surface area contributed by atoms with Crippen LogP contribution < -0.4 is 9.64 Å². The van der Waals surface area contributed by atoms with Gasteiger partial charge >= 0.3 is 6.18 Å². The molecule has 1 aromatic rings. The largest absolute Gasteiger partial charge is 0.492 e. The number of ether oxygens (including phenoxy) is 1. The van der Waals surface area contributed by atoms with Gasteiger partial charge in [0.15, 0.2) is 0 Å². The van der Waals surface area contributed by atoms with E-state index in [1.165, 1.54) is 12.1 Å².